The van der Waals surface area contributed by atoms with E-state index in [1.165, 1.54) is 60.4 Å². The van der Waals surface area contributed by atoms with Gasteiger partial charge in [-0.3, -0.25) is 4.90 Å². The number of anilines is 2. The van der Waals surface area contributed by atoms with Crippen molar-refractivity contribution in [3.8, 4) is 5.75 Å². The van der Waals surface area contributed by atoms with Gasteiger partial charge in [0.2, 0.25) is 0 Å². The minimum Gasteiger partial charge on any atom is -0.497 e. The summed E-state index contributed by atoms with van der Waals surface area (Å²) in [5, 5.41) is 0. The number of ether oxygens (including phenoxy) is 1. The fraction of sp³-hybridized carbons (Fsp3) is 0.379. The van der Waals surface area contributed by atoms with Crippen LogP contribution in [0.25, 0.3) is 0 Å². The predicted molar refractivity (Wildman–Crippen MR) is 139 cm³/mol. The smallest absolute Gasteiger partial charge is 0.119 e. The standard InChI is InChI=1S/C29H37N3O/c1-30(2)27-13-7-11-25(18-27)22-32(23-26-12-9-15-29(20-26)33-3)28-14-8-10-24(19-28)21-31-16-5-4-6-17-31/h7-15,18-20H,4-6,16-17,21-23H2,1-3H3. The average Bonchev–Trinajstić information content (AvgIpc) is 2.85. The first-order valence-corrected chi connectivity index (χ1v) is 12.1. The highest BCUT2D eigenvalue weighted by atomic mass is 16.5. The predicted octanol–water partition coefficient (Wildman–Crippen LogP) is 5.95. The first-order chi connectivity index (χ1) is 16.1. The Hall–Kier alpha value is -2.98. The third-order valence-corrected chi connectivity index (χ3v) is 6.44. The molecule has 4 nitrogen and oxygen atoms in total. The van der Waals surface area contributed by atoms with Crippen LogP contribution in [0.15, 0.2) is 72.8 Å². The lowest BCUT2D eigenvalue weighted by Crippen LogP contribution is -2.29. The lowest BCUT2D eigenvalue weighted by atomic mass is 10.1. The molecule has 0 bridgehead atoms. The number of nitrogens with zero attached hydrogens (tertiary/aromatic N) is 3. The third kappa shape index (κ3) is 6.52. The van der Waals surface area contributed by atoms with E-state index in [9.17, 15) is 0 Å². The molecule has 1 aliphatic heterocycles. The maximum atomic E-state index is 5.48. The number of hydrogen-bond donors (Lipinski definition) is 0. The number of likely N-dealkylation sites (tertiary alicyclic amines) is 1. The van der Waals surface area contributed by atoms with Gasteiger partial charge in [-0.2, -0.15) is 0 Å². The summed E-state index contributed by atoms with van der Waals surface area (Å²) >= 11 is 0. The summed E-state index contributed by atoms with van der Waals surface area (Å²) in [7, 11) is 5.92. The van der Waals surface area contributed by atoms with Crippen molar-refractivity contribution < 1.29 is 4.74 Å². The van der Waals surface area contributed by atoms with Crippen molar-refractivity contribution >= 4 is 11.4 Å². The molecule has 0 unspecified atom stereocenters. The molecule has 1 fully saturated rings. The van der Waals surface area contributed by atoms with Crippen LogP contribution in [0.2, 0.25) is 0 Å². The van der Waals surface area contributed by atoms with Gasteiger partial charge in [-0.1, -0.05) is 42.8 Å². The highest BCUT2D eigenvalue weighted by molar-refractivity contribution is 5.52. The Bertz CT molecular complexity index is 1030. The van der Waals surface area contributed by atoms with Gasteiger partial charge in [0.05, 0.1) is 7.11 Å². The second-order valence-electron chi connectivity index (χ2n) is 9.28. The van der Waals surface area contributed by atoms with Crippen LogP contribution >= 0.6 is 0 Å². The van der Waals surface area contributed by atoms with E-state index in [1.807, 2.05) is 6.07 Å². The molecule has 1 aliphatic rings. The Morgan fingerprint density at radius 3 is 2.03 bits per heavy atom. The van der Waals surface area contributed by atoms with Crippen LogP contribution in [0.4, 0.5) is 11.4 Å². The molecule has 174 valence electrons. The highest BCUT2D eigenvalue weighted by Gasteiger charge is 2.14. The molecule has 33 heavy (non-hydrogen) atoms. The summed E-state index contributed by atoms with van der Waals surface area (Å²) in [5.74, 6) is 0.904. The average molecular weight is 444 g/mol. The SMILES string of the molecule is COc1cccc(CN(Cc2cccc(N(C)C)c2)c2cccc(CN3CCCCC3)c2)c1. The maximum Gasteiger partial charge on any atom is 0.119 e. The minimum atomic E-state index is 0.830. The van der Waals surface area contributed by atoms with E-state index < -0.39 is 0 Å². The second kappa shape index (κ2) is 11.2. The van der Waals surface area contributed by atoms with Crippen LogP contribution in [0.5, 0.6) is 5.75 Å². The highest BCUT2D eigenvalue weighted by Crippen LogP contribution is 2.25. The van der Waals surface area contributed by atoms with Crippen LogP contribution in [-0.4, -0.2) is 39.2 Å². The summed E-state index contributed by atoms with van der Waals surface area (Å²) < 4.78 is 5.48. The molecular formula is C29H37N3O. The van der Waals surface area contributed by atoms with E-state index in [4.69, 9.17) is 4.74 Å². The molecule has 0 amide bonds. The van der Waals surface area contributed by atoms with E-state index in [2.05, 4.69) is 95.5 Å². The Morgan fingerprint density at radius 2 is 1.33 bits per heavy atom. The van der Waals surface area contributed by atoms with Crippen molar-refractivity contribution in [2.24, 2.45) is 0 Å². The number of rotatable bonds is 9. The van der Waals surface area contributed by atoms with E-state index >= 15 is 0 Å². The van der Waals surface area contributed by atoms with E-state index in [0.29, 0.717) is 0 Å². The molecule has 0 aliphatic carbocycles. The lowest BCUT2D eigenvalue weighted by molar-refractivity contribution is 0.221. The summed E-state index contributed by atoms with van der Waals surface area (Å²) in [6.07, 6.45) is 4.02. The molecule has 3 aromatic rings. The normalized spacial score (nSPS) is 14.2. The summed E-state index contributed by atoms with van der Waals surface area (Å²) in [4.78, 5) is 7.23. The summed E-state index contributed by atoms with van der Waals surface area (Å²) in [5.41, 5.74) is 6.45. The quantitative estimate of drug-likeness (QED) is 0.406. The molecule has 0 saturated carbocycles. The van der Waals surface area contributed by atoms with Gasteiger partial charge in [-0.25, -0.2) is 0 Å². The molecule has 0 radical (unpaired) electrons. The number of hydrogen-bond acceptors (Lipinski definition) is 4. The van der Waals surface area contributed by atoms with E-state index in [1.54, 1.807) is 7.11 Å². The van der Waals surface area contributed by atoms with Crippen molar-refractivity contribution in [1.82, 2.24) is 4.90 Å². The number of methoxy groups -OCH3 is 1. The molecule has 1 saturated heterocycles. The van der Waals surface area contributed by atoms with Crippen LogP contribution in [-0.2, 0) is 19.6 Å². The van der Waals surface area contributed by atoms with Gasteiger partial charge in [-0.05, 0) is 79.0 Å². The molecule has 4 heteroatoms. The van der Waals surface area contributed by atoms with E-state index in [0.717, 1.165) is 25.4 Å². The molecule has 0 N–H and O–H groups in total. The first kappa shape index (κ1) is 23.2. The van der Waals surface area contributed by atoms with Crippen molar-refractivity contribution in [1.29, 1.82) is 0 Å². The Kier molecular flexibility index (Phi) is 7.90. The minimum absolute atomic E-state index is 0.830. The summed E-state index contributed by atoms with van der Waals surface area (Å²) in [6, 6.07) is 26.3. The Morgan fingerprint density at radius 1 is 0.727 bits per heavy atom. The largest absolute Gasteiger partial charge is 0.497 e. The van der Waals surface area contributed by atoms with Crippen molar-refractivity contribution in [3.63, 3.8) is 0 Å². The lowest BCUT2D eigenvalue weighted by Gasteiger charge is -2.29. The van der Waals surface area contributed by atoms with Crippen LogP contribution < -0.4 is 14.5 Å². The first-order valence-electron chi connectivity index (χ1n) is 12.1. The molecular weight excluding hydrogens is 406 g/mol. The van der Waals surface area contributed by atoms with Crippen LogP contribution in [0.3, 0.4) is 0 Å². The Labute approximate surface area is 199 Å². The molecule has 0 aromatic heterocycles. The maximum absolute atomic E-state index is 5.48. The van der Waals surface area contributed by atoms with Crippen LogP contribution in [0, 0.1) is 0 Å². The van der Waals surface area contributed by atoms with Gasteiger partial charge in [0.1, 0.15) is 5.75 Å². The van der Waals surface area contributed by atoms with Gasteiger partial charge in [0.15, 0.2) is 0 Å². The van der Waals surface area contributed by atoms with Crippen molar-refractivity contribution in [3.05, 3.63) is 89.5 Å². The van der Waals surface area contributed by atoms with Gasteiger partial charge in [0, 0.05) is 45.1 Å². The van der Waals surface area contributed by atoms with Gasteiger partial charge in [0.25, 0.3) is 0 Å². The zero-order chi connectivity index (χ0) is 23.0. The third-order valence-electron chi connectivity index (χ3n) is 6.44. The van der Waals surface area contributed by atoms with Crippen molar-refractivity contribution in [2.75, 3.05) is 44.1 Å². The summed E-state index contributed by atoms with van der Waals surface area (Å²) in [6.45, 7) is 5.16. The van der Waals surface area contributed by atoms with Gasteiger partial charge < -0.3 is 14.5 Å². The second-order valence-corrected chi connectivity index (χ2v) is 9.28. The number of piperidine rings is 1. The molecule has 4 rings (SSSR count). The van der Waals surface area contributed by atoms with Crippen LogP contribution in [0.1, 0.15) is 36.0 Å². The molecule has 3 aromatic carbocycles. The zero-order valence-corrected chi connectivity index (χ0v) is 20.3. The van der Waals surface area contributed by atoms with Gasteiger partial charge in [-0.15, -0.1) is 0 Å². The molecule has 0 atom stereocenters. The topological polar surface area (TPSA) is 19.0 Å². The zero-order valence-electron chi connectivity index (χ0n) is 20.3. The van der Waals surface area contributed by atoms with E-state index in [-0.39, 0.29) is 0 Å². The van der Waals surface area contributed by atoms with Crippen molar-refractivity contribution in [2.45, 2.75) is 38.9 Å². The Balaban J connectivity index is 1.60. The van der Waals surface area contributed by atoms with Gasteiger partial charge >= 0.3 is 0 Å². The fourth-order valence-corrected chi connectivity index (χ4v) is 4.61. The fourth-order valence-electron chi connectivity index (χ4n) is 4.61. The number of benzene rings is 3. The molecule has 0 spiro atoms. The molecule has 1 heterocycles. The monoisotopic (exact) mass is 443 g/mol.